The van der Waals surface area contributed by atoms with Gasteiger partial charge in [-0.1, -0.05) is 6.07 Å². The van der Waals surface area contributed by atoms with E-state index in [9.17, 15) is 17.8 Å². The fourth-order valence-corrected chi connectivity index (χ4v) is 3.57. The van der Waals surface area contributed by atoms with E-state index in [0.29, 0.717) is 28.2 Å². The summed E-state index contributed by atoms with van der Waals surface area (Å²) in [5, 5.41) is 0. The molecule has 2 aromatic carbocycles. The lowest BCUT2D eigenvalue weighted by molar-refractivity contribution is 0.439. The lowest BCUT2D eigenvalue weighted by Gasteiger charge is -2.15. The fraction of sp³-hybridized carbons (Fsp3) is 0.190. The van der Waals surface area contributed by atoms with Crippen molar-refractivity contribution in [2.24, 2.45) is 7.05 Å². The van der Waals surface area contributed by atoms with Gasteiger partial charge < -0.3 is 14.8 Å². The van der Waals surface area contributed by atoms with E-state index in [-0.39, 0.29) is 16.8 Å². The highest BCUT2D eigenvalue weighted by atomic mass is 32.2. The van der Waals surface area contributed by atoms with E-state index >= 15 is 0 Å². The van der Waals surface area contributed by atoms with Gasteiger partial charge in [0.25, 0.3) is 5.56 Å². The summed E-state index contributed by atoms with van der Waals surface area (Å²) in [7, 11) is 0.601. The molecule has 1 heterocycles. The van der Waals surface area contributed by atoms with Gasteiger partial charge >= 0.3 is 0 Å². The van der Waals surface area contributed by atoms with Crippen LogP contribution in [0.15, 0.2) is 53.5 Å². The van der Waals surface area contributed by atoms with Crippen molar-refractivity contribution in [3.63, 3.8) is 0 Å². The van der Waals surface area contributed by atoms with Crippen molar-refractivity contribution in [1.29, 1.82) is 0 Å². The Bertz CT molecular complexity index is 1100. The molecular weight excluding hydrogens is 400 g/mol. The largest absolute Gasteiger partial charge is 0.454 e. The van der Waals surface area contributed by atoms with E-state index in [2.05, 4.69) is 0 Å². The van der Waals surface area contributed by atoms with Gasteiger partial charge in [0, 0.05) is 58.8 Å². The number of aryl methyl sites for hydroxylation is 2. The van der Waals surface area contributed by atoms with Crippen molar-refractivity contribution in [3.8, 4) is 22.6 Å². The van der Waals surface area contributed by atoms with Gasteiger partial charge in [-0.25, -0.2) is 8.78 Å². The minimum absolute atomic E-state index is 0. The Morgan fingerprint density at radius 2 is 1.76 bits per heavy atom. The highest BCUT2D eigenvalue weighted by molar-refractivity contribution is 7.83. The van der Waals surface area contributed by atoms with Crippen LogP contribution in [0.2, 0.25) is 0 Å². The molecule has 0 fully saturated rings. The van der Waals surface area contributed by atoms with Crippen LogP contribution in [0.5, 0.6) is 11.5 Å². The second-order valence-electron chi connectivity index (χ2n) is 6.55. The Morgan fingerprint density at radius 3 is 2.38 bits per heavy atom. The summed E-state index contributed by atoms with van der Waals surface area (Å²) >= 11 is 0. The molecule has 0 aliphatic heterocycles. The Labute approximate surface area is 169 Å². The third-order valence-corrected chi connectivity index (χ3v) is 4.94. The fourth-order valence-electron chi connectivity index (χ4n) is 2.92. The Morgan fingerprint density at radius 1 is 1.07 bits per heavy atom. The first-order chi connectivity index (χ1) is 13.2. The molecule has 1 aromatic heterocycles. The van der Waals surface area contributed by atoms with Crippen LogP contribution in [0.3, 0.4) is 0 Å². The first-order valence-corrected chi connectivity index (χ1v) is 10.2. The molecule has 0 spiro atoms. The van der Waals surface area contributed by atoms with E-state index in [0.717, 1.165) is 17.7 Å². The molecule has 0 amide bonds. The number of rotatable bonds is 5. The van der Waals surface area contributed by atoms with Gasteiger partial charge in [0.15, 0.2) is 11.6 Å². The van der Waals surface area contributed by atoms with E-state index in [1.54, 1.807) is 50.7 Å². The average molecular weight is 421 g/mol. The van der Waals surface area contributed by atoms with E-state index < -0.39 is 22.4 Å². The monoisotopic (exact) mass is 421 g/mol. The maximum absolute atomic E-state index is 14.1. The molecule has 154 valence electrons. The van der Waals surface area contributed by atoms with Gasteiger partial charge in [-0.2, -0.15) is 0 Å². The molecule has 1 atom stereocenters. The SMILES string of the molecule is Cc1cc(-c2cc(CS(C)=O)ccc2Oc2ccc(F)cc2F)cn(C)c1=O.O. The molecular formula is C21H21F2NO4S. The van der Waals surface area contributed by atoms with Gasteiger partial charge in [0.1, 0.15) is 11.6 Å². The maximum Gasteiger partial charge on any atom is 0.253 e. The Hall–Kier alpha value is -2.84. The summed E-state index contributed by atoms with van der Waals surface area (Å²) in [6, 6.07) is 10.0. The highest BCUT2D eigenvalue weighted by Crippen LogP contribution is 2.35. The average Bonchev–Trinajstić information content (AvgIpc) is 2.62. The first-order valence-electron chi connectivity index (χ1n) is 8.48. The molecule has 2 N–H and O–H groups in total. The molecule has 0 aliphatic rings. The number of benzene rings is 2. The summed E-state index contributed by atoms with van der Waals surface area (Å²) in [4.78, 5) is 12.0. The van der Waals surface area contributed by atoms with Crippen molar-refractivity contribution >= 4 is 10.8 Å². The number of nitrogens with zero attached hydrogens (tertiary/aromatic N) is 1. The van der Waals surface area contributed by atoms with Crippen LogP contribution in [0.4, 0.5) is 8.78 Å². The van der Waals surface area contributed by atoms with Crippen molar-refractivity contribution < 1.29 is 23.2 Å². The topological polar surface area (TPSA) is 79.8 Å². The Kier molecular flexibility index (Phi) is 7.05. The molecule has 0 saturated carbocycles. The quantitative estimate of drug-likeness (QED) is 0.633. The number of pyridine rings is 1. The molecule has 3 rings (SSSR count). The lowest BCUT2D eigenvalue weighted by Crippen LogP contribution is -2.18. The second-order valence-corrected chi connectivity index (χ2v) is 7.99. The predicted molar refractivity (Wildman–Crippen MR) is 110 cm³/mol. The third-order valence-electron chi connectivity index (χ3n) is 4.20. The summed E-state index contributed by atoms with van der Waals surface area (Å²) in [5.74, 6) is -0.936. The standard InChI is InChI=1S/C21H19F2NO3S.H2O/c1-13-8-15(11-24(2)21(13)25)17-9-14(12-28(3)26)4-6-19(17)27-20-7-5-16(22)10-18(20)23;/h4-11H,12H2,1-3H3;1H2. The van der Waals surface area contributed by atoms with Crippen LogP contribution < -0.4 is 10.3 Å². The normalized spacial score (nSPS) is 11.6. The molecule has 0 bridgehead atoms. The van der Waals surface area contributed by atoms with Crippen molar-refractivity contribution in [1.82, 2.24) is 4.57 Å². The van der Waals surface area contributed by atoms with Crippen LogP contribution in [-0.4, -0.2) is 20.5 Å². The van der Waals surface area contributed by atoms with E-state index in [1.807, 2.05) is 0 Å². The summed E-state index contributed by atoms with van der Waals surface area (Å²) in [6.45, 7) is 1.71. The van der Waals surface area contributed by atoms with Gasteiger partial charge in [-0.3, -0.25) is 9.00 Å². The number of ether oxygens (including phenoxy) is 1. The second kappa shape index (κ2) is 9.11. The molecule has 0 radical (unpaired) electrons. The maximum atomic E-state index is 14.1. The lowest BCUT2D eigenvalue weighted by atomic mass is 10.0. The van der Waals surface area contributed by atoms with Crippen LogP contribution in [0.25, 0.3) is 11.1 Å². The van der Waals surface area contributed by atoms with E-state index in [4.69, 9.17) is 4.74 Å². The zero-order valence-corrected chi connectivity index (χ0v) is 17.0. The van der Waals surface area contributed by atoms with Crippen LogP contribution in [0, 0.1) is 18.6 Å². The molecule has 1 unspecified atom stereocenters. The molecule has 3 aromatic rings. The Balaban J connectivity index is 0.00000300. The smallest absolute Gasteiger partial charge is 0.253 e. The summed E-state index contributed by atoms with van der Waals surface area (Å²) in [5.41, 5.74) is 2.55. The van der Waals surface area contributed by atoms with Crippen molar-refractivity contribution in [2.75, 3.05) is 6.26 Å². The van der Waals surface area contributed by atoms with Gasteiger partial charge in [0.05, 0.1) is 0 Å². The van der Waals surface area contributed by atoms with Gasteiger partial charge in [-0.05, 0) is 42.8 Å². The number of aromatic nitrogens is 1. The zero-order chi connectivity index (χ0) is 20.4. The van der Waals surface area contributed by atoms with Crippen LogP contribution in [0.1, 0.15) is 11.1 Å². The van der Waals surface area contributed by atoms with Gasteiger partial charge in [-0.15, -0.1) is 0 Å². The first kappa shape index (κ1) is 22.4. The molecule has 8 heteroatoms. The molecule has 5 nitrogen and oxygen atoms in total. The van der Waals surface area contributed by atoms with Gasteiger partial charge in [0.2, 0.25) is 0 Å². The number of halogens is 2. The predicted octanol–water partition coefficient (Wildman–Crippen LogP) is 3.49. The summed E-state index contributed by atoms with van der Waals surface area (Å²) in [6.07, 6.45) is 3.26. The van der Waals surface area contributed by atoms with E-state index in [1.165, 1.54) is 10.6 Å². The summed E-state index contributed by atoms with van der Waals surface area (Å²) < 4.78 is 46.0. The molecule has 29 heavy (non-hydrogen) atoms. The minimum Gasteiger partial charge on any atom is -0.454 e. The minimum atomic E-state index is -1.04. The number of hydrogen-bond donors (Lipinski definition) is 0. The van der Waals surface area contributed by atoms with Crippen molar-refractivity contribution in [2.45, 2.75) is 12.7 Å². The van der Waals surface area contributed by atoms with Crippen LogP contribution >= 0.6 is 0 Å². The molecule has 0 aliphatic carbocycles. The number of hydrogen-bond acceptors (Lipinski definition) is 3. The van der Waals surface area contributed by atoms with Crippen LogP contribution in [-0.2, 0) is 23.6 Å². The zero-order valence-electron chi connectivity index (χ0n) is 16.2. The molecule has 0 saturated heterocycles. The van der Waals surface area contributed by atoms with Crippen molar-refractivity contribution in [3.05, 3.63) is 81.8 Å². The third kappa shape index (κ3) is 5.16. The highest BCUT2D eigenvalue weighted by Gasteiger charge is 2.14.